The molecule has 1 amide bonds. The van der Waals surface area contributed by atoms with Crippen molar-refractivity contribution in [2.75, 3.05) is 26.2 Å². The number of thiophene rings is 1. The summed E-state index contributed by atoms with van der Waals surface area (Å²) in [5, 5.41) is 5.29. The van der Waals surface area contributed by atoms with E-state index in [1.54, 1.807) is 28.7 Å². The van der Waals surface area contributed by atoms with Crippen molar-refractivity contribution in [3.63, 3.8) is 0 Å². The number of rotatable bonds is 4. The molecule has 0 aliphatic carbocycles. The topological polar surface area (TPSA) is 36.4 Å². The van der Waals surface area contributed by atoms with Crippen LogP contribution in [0.1, 0.15) is 21.1 Å². The fraction of sp³-hybridized carbons (Fsp3) is 0.412. The molecule has 6 heteroatoms. The van der Waals surface area contributed by atoms with Crippen molar-refractivity contribution < 1.29 is 4.79 Å². The molecule has 2 aromatic heterocycles. The molecule has 1 fully saturated rings. The molecule has 3 rings (SSSR count). The van der Waals surface area contributed by atoms with Gasteiger partial charge in [-0.15, -0.1) is 22.7 Å². The Kier molecular flexibility index (Phi) is 5.25. The number of hydrogen-bond donors (Lipinski definition) is 0. The highest BCUT2D eigenvalue weighted by atomic mass is 32.1. The molecule has 1 saturated heterocycles. The van der Waals surface area contributed by atoms with E-state index in [4.69, 9.17) is 0 Å². The van der Waals surface area contributed by atoms with Crippen molar-refractivity contribution in [2.24, 2.45) is 0 Å². The zero-order valence-electron chi connectivity index (χ0n) is 13.5. The van der Waals surface area contributed by atoms with Gasteiger partial charge in [0.15, 0.2) is 0 Å². The lowest BCUT2D eigenvalue weighted by molar-refractivity contribution is -0.127. The molecule has 0 unspecified atom stereocenters. The Morgan fingerprint density at radius 2 is 2.04 bits per heavy atom. The van der Waals surface area contributed by atoms with Crippen molar-refractivity contribution in [2.45, 2.75) is 20.4 Å². The Bertz CT molecular complexity index is 696. The maximum absolute atomic E-state index is 12.3. The summed E-state index contributed by atoms with van der Waals surface area (Å²) in [6, 6.07) is 2.08. The van der Waals surface area contributed by atoms with Crippen LogP contribution in [-0.2, 0) is 11.3 Å². The number of carbonyl (C=O) groups is 1. The molecule has 0 bridgehead atoms. The maximum Gasteiger partial charge on any atom is 0.246 e. The van der Waals surface area contributed by atoms with Gasteiger partial charge in [-0.1, -0.05) is 0 Å². The minimum absolute atomic E-state index is 0.113. The van der Waals surface area contributed by atoms with E-state index >= 15 is 0 Å². The highest BCUT2D eigenvalue weighted by molar-refractivity contribution is 7.11. The number of hydrogen-bond acceptors (Lipinski definition) is 5. The highest BCUT2D eigenvalue weighted by Gasteiger charge is 2.20. The van der Waals surface area contributed by atoms with Crippen molar-refractivity contribution in [1.29, 1.82) is 0 Å². The summed E-state index contributed by atoms with van der Waals surface area (Å²) in [4.78, 5) is 22.3. The molecule has 1 aliphatic heterocycles. The van der Waals surface area contributed by atoms with Gasteiger partial charge in [-0.25, -0.2) is 4.98 Å². The van der Waals surface area contributed by atoms with E-state index in [1.165, 1.54) is 5.56 Å². The smallest absolute Gasteiger partial charge is 0.246 e. The highest BCUT2D eigenvalue weighted by Crippen LogP contribution is 2.17. The van der Waals surface area contributed by atoms with Crippen molar-refractivity contribution in [1.82, 2.24) is 14.8 Å². The van der Waals surface area contributed by atoms with Crippen LogP contribution in [0.2, 0.25) is 0 Å². The van der Waals surface area contributed by atoms with Crippen molar-refractivity contribution >= 4 is 34.7 Å². The minimum atomic E-state index is 0.113. The summed E-state index contributed by atoms with van der Waals surface area (Å²) in [5.74, 6) is 0.113. The predicted octanol–water partition coefficient (Wildman–Crippen LogP) is 3.18. The van der Waals surface area contributed by atoms with E-state index in [1.807, 2.05) is 17.9 Å². The molecule has 0 radical (unpaired) electrons. The number of carbonyl (C=O) groups excluding carboxylic acids is 1. The molecule has 0 saturated carbocycles. The molecule has 4 nitrogen and oxygen atoms in total. The normalized spacial score (nSPS) is 16.3. The monoisotopic (exact) mass is 347 g/mol. The molecule has 23 heavy (non-hydrogen) atoms. The van der Waals surface area contributed by atoms with Crippen LogP contribution in [0.3, 0.4) is 0 Å². The number of aromatic nitrogens is 1. The number of thiazole rings is 1. The van der Waals surface area contributed by atoms with Crippen LogP contribution in [0.15, 0.2) is 22.9 Å². The lowest BCUT2D eigenvalue weighted by Gasteiger charge is -2.33. The molecule has 0 N–H and O–H groups in total. The molecule has 122 valence electrons. The van der Waals surface area contributed by atoms with Crippen LogP contribution in [0.25, 0.3) is 6.08 Å². The SMILES string of the molecule is Cc1nc(CN2CCN(C(=O)C=Cc3sccc3C)CC2)cs1. The van der Waals surface area contributed by atoms with Crippen molar-refractivity contribution in [3.05, 3.63) is 44.0 Å². The van der Waals surface area contributed by atoms with Gasteiger partial charge in [0.25, 0.3) is 0 Å². The first-order chi connectivity index (χ1) is 11.1. The molecular weight excluding hydrogens is 326 g/mol. The second kappa shape index (κ2) is 7.38. The Morgan fingerprint density at radius 3 is 2.65 bits per heavy atom. The standard InChI is InChI=1S/C17H21N3OS2/c1-13-5-10-22-16(13)3-4-17(21)20-8-6-19(7-9-20)11-15-12-23-14(2)18-15/h3-5,10,12H,6-9,11H2,1-2H3. The Balaban J connectivity index is 1.49. The van der Waals surface area contributed by atoms with E-state index < -0.39 is 0 Å². The summed E-state index contributed by atoms with van der Waals surface area (Å²) in [6.07, 6.45) is 3.64. The predicted molar refractivity (Wildman–Crippen MR) is 96.8 cm³/mol. The van der Waals surface area contributed by atoms with Gasteiger partial charge in [0.2, 0.25) is 5.91 Å². The third-order valence-corrected chi connectivity index (χ3v) is 5.82. The van der Waals surface area contributed by atoms with Crippen LogP contribution in [0.5, 0.6) is 0 Å². The fourth-order valence-electron chi connectivity index (χ4n) is 2.64. The average molecular weight is 348 g/mol. The third kappa shape index (κ3) is 4.28. The maximum atomic E-state index is 12.3. The van der Waals surface area contributed by atoms with Gasteiger partial charge in [0.1, 0.15) is 0 Å². The molecule has 1 aliphatic rings. The van der Waals surface area contributed by atoms with Gasteiger partial charge in [0.05, 0.1) is 10.7 Å². The van der Waals surface area contributed by atoms with Crippen LogP contribution in [-0.4, -0.2) is 46.9 Å². The zero-order valence-corrected chi connectivity index (χ0v) is 15.1. The van der Waals surface area contributed by atoms with Crippen LogP contribution >= 0.6 is 22.7 Å². The lowest BCUT2D eigenvalue weighted by Crippen LogP contribution is -2.47. The largest absolute Gasteiger partial charge is 0.337 e. The quantitative estimate of drug-likeness (QED) is 0.797. The van der Waals surface area contributed by atoms with Gasteiger partial charge in [-0.05, 0) is 36.9 Å². The van der Waals surface area contributed by atoms with E-state index in [0.29, 0.717) is 0 Å². The Labute approximate surface area is 145 Å². The Hall–Kier alpha value is -1.50. The minimum Gasteiger partial charge on any atom is -0.337 e. The van der Waals surface area contributed by atoms with Gasteiger partial charge in [0, 0.05) is 49.1 Å². The second-order valence-corrected chi connectivity index (χ2v) is 7.77. The summed E-state index contributed by atoms with van der Waals surface area (Å²) in [7, 11) is 0. The summed E-state index contributed by atoms with van der Waals surface area (Å²) >= 11 is 3.36. The summed E-state index contributed by atoms with van der Waals surface area (Å²) in [6.45, 7) is 8.39. The fourth-order valence-corrected chi connectivity index (χ4v) is 4.07. The van der Waals surface area contributed by atoms with Gasteiger partial charge >= 0.3 is 0 Å². The van der Waals surface area contributed by atoms with Gasteiger partial charge < -0.3 is 4.90 Å². The summed E-state index contributed by atoms with van der Waals surface area (Å²) < 4.78 is 0. The van der Waals surface area contributed by atoms with Crippen LogP contribution in [0.4, 0.5) is 0 Å². The molecule has 2 aromatic rings. The zero-order chi connectivity index (χ0) is 16.2. The van der Waals surface area contributed by atoms with Gasteiger partial charge in [-0.2, -0.15) is 0 Å². The second-order valence-electron chi connectivity index (χ2n) is 5.76. The molecule has 0 aromatic carbocycles. The van der Waals surface area contributed by atoms with E-state index in [0.717, 1.165) is 48.3 Å². The number of piperazine rings is 1. The summed E-state index contributed by atoms with van der Waals surface area (Å²) in [5.41, 5.74) is 2.36. The number of nitrogens with zero attached hydrogens (tertiary/aromatic N) is 3. The number of amides is 1. The van der Waals surface area contributed by atoms with E-state index in [2.05, 4.69) is 33.6 Å². The van der Waals surface area contributed by atoms with E-state index in [-0.39, 0.29) is 5.91 Å². The molecule has 0 spiro atoms. The lowest BCUT2D eigenvalue weighted by atomic mass is 10.2. The third-order valence-electron chi connectivity index (χ3n) is 4.02. The first-order valence-electron chi connectivity index (χ1n) is 7.76. The average Bonchev–Trinajstić information content (AvgIpc) is 3.14. The van der Waals surface area contributed by atoms with Crippen LogP contribution < -0.4 is 0 Å². The first-order valence-corrected chi connectivity index (χ1v) is 9.52. The first kappa shape index (κ1) is 16.4. The molecule has 0 atom stereocenters. The van der Waals surface area contributed by atoms with E-state index in [9.17, 15) is 4.79 Å². The van der Waals surface area contributed by atoms with Crippen molar-refractivity contribution in [3.8, 4) is 0 Å². The van der Waals surface area contributed by atoms with Gasteiger partial charge in [-0.3, -0.25) is 9.69 Å². The van der Waals surface area contributed by atoms with Crippen LogP contribution in [0, 0.1) is 13.8 Å². The number of aryl methyl sites for hydroxylation is 2. The molecular formula is C17H21N3OS2. The molecule has 3 heterocycles. The Morgan fingerprint density at radius 1 is 1.26 bits per heavy atom.